The van der Waals surface area contributed by atoms with Crippen molar-refractivity contribution in [3.05, 3.63) is 88.6 Å². The summed E-state index contributed by atoms with van der Waals surface area (Å²) in [5, 5.41) is 0. The monoisotopic (exact) mass is 401 g/mol. The van der Waals surface area contributed by atoms with Gasteiger partial charge in [-0.15, -0.1) is 6.58 Å². The molecule has 1 aromatic rings. The van der Waals surface area contributed by atoms with Crippen molar-refractivity contribution in [2.45, 2.75) is 59.3 Å². The third-order valence-corrected chi connectivity index (χ3v) is 6.72. The normalized spacial score (nSPS) is 19.5. The maximum atomic E-state index is 3.87. The number of allylic oxidation sites excluding steroid dienone is 7. The van der Waals surface area contributed by atoms with E-state index in [9.17, 15) is 0 Å². The van der Waals surface area contributed by atoms with E-state index in [1.807, 2.05) is 0 Å². The number of rotatable bonds is 3. The van der Waals surface area contributed by atoms with Gasteiger partial charge in [-0.05, 0) is 87.6 Å². The minimum Gasteiger partial charge on any atom is -0.306 e. The zero-order chi connectivity index (χ0) is 21.7. The number of benzene rings is 1. The molecule has 1 aliphatic heterocycles. The van der Waals surface area contributed by atoms with Gasteiger partial charge in [0.05, 0.1) is 0 Å². The first-order chi connectivity index (χ1) is 14.4. The molecule has 0 amide bonds. The quantitative estimate of drug-likeness (QED) is 0.473. The molecule has 0 spiro atoms. The van der Waals surface area contributed by atoms with Crippen molar-refractivity contribution < 1.29 is 0 Å². The predicted octanol–water partition coefficient (Wildman–Crippen LogP) is 7.53. The highest BCUT2D eigenvalue weighted by molar-refractivity contribution is 5.88. The lowest BCUT2D eigenvalue weighted by Crippen LogP contribution is -2.27. The third kappa shape index (κ3) is 5.52. The summed E-state index contributed by atoms with van der Waals surface area (Å²) in [7, 11) is 2.24. The Hall–Kier alpha value is -2.12. The van der Waals surface area contributed by atoms with Crippen LogP contribution in [-0.4, -0.2) is 25.0 Å². The second-order valence-corrected chi connectivity index (χ2v) is 9.47. The van der Waals surface area contributed by atoms with E-state index in [2.05, 4.69) is 82.3 Å². The van der Waals surface area contributed by atoms with Gasteiger partial charge in [0.25, 0.3) is 0 Å². The van der Waals surface area contributed by atoms with E-state index < -0.39 is 0 Å². The summed E-state index contributed by atoms with van der Waals surface area (Å²) in [5.41, 5.74) is 12.0. The molecule has 30 heavy (non-hydrogen) atoms. The molecule has 1 unspecified atom stereocenters. The number of hydrogen-bond acceptors (Lipinski definition) is 1. The van der Waals surface area contributed by atoms with E-state index in [1.165, 1.54) is 61.9 Å². The molecule has 3 aliphatic rings. The van der Waals surface area contributed by atoms with E-state index in [4.69, 9.17) is 0 Å². The molecule has 0 N–H and O–H groups in total. The van der Waals surface area contributed by atoms with Crippen LogP contribution in [0, 0.1) is 5.92 Å². The Balaban J connectivity index is 0.000000244. The number of nitrogens with zero attached hydrogens (tertiary/aromatic N) is 1. The van der Waals surface area contributed by atoms with Gasteiger partial charge < -0.3 is 4.90 Å². The van der Waals surface area contributed by atoms with Gasteiger partial charge >= 0.3 is 0 Å². The van der Waals surface area contributed by atoms with Crippen molar-refractivity contribution in [3.8, 4) is 0 Å². The number of piperidine rings is 1. The lowest BCUT2D eigenvalue weighted by atomic mass is 9.86. The van der Waals surface area contributed by atoms with Crippen LogP contribution in [0.1, 0.15) is 64.0 Å². The lowest BCUT2D eigenvalue weighted by molar-refractivity contribution is 0.313. The Morgan fingerprint density at radius 2 is 1.70 bits per heavy atom. The first-order valence-corrected chi connectivity index (χ1v) is 11.5. The van der Waals surface area contributed by atoms with Crippen LogP contribution in [0.4, 0.5) is 0 Å². The highest BCUT2D eigenvalue weighted by Gasteiger charge is 2.25. The van der Waals surface area contributed by atoms with Crippen LogP contribution in [0.5, 0.6) is 0 Å². The highest BCUT2D eigenvalue weighted by atomic mass is 15.1. The number of hydrogen-bond donors (Lipinski definition) is 0. The Labute approximate surface area is 184 Å². The molecule has 1 aromatic carbocycles. The fraction of sp³-hybridized carbons (Fsp3) is 0.448. The molecule has 160 valence electrons. The van der Waals surface area contributed by atoms with Crippen molar-refractivity contribution in [2.24, 2.45) is 5.92 Å². The summed E-state index contributed by atoms with van der Waals surface area (Å²) in [4.78, 5) is 2.45. The maximum absolute atomic E-state index is 3.87. The van der Waals surface area contributed by atoms with Gasteiger partial charge in [-0.2, -0.15) is 0 Å². The van der Waals surface area contributed by atoms with Crippen LogP contribution in [0.2, 0.25) is 0 Å². The van der Waals surface area contributed by atoms with Crippen molar-refractivity contribution in [1.82, 2.24) is 4.90 Å². The topological polar surface area (TPSA) is 3.24 Å². The Kier molecular flexibility index (Phi) is 7.72. The zero-order valence-electron chi connectivity index (χ0n) is 19.6. The van der Waals surface area contributed by atoms with Crippen molar-refractivity contribution >= 4 is 5.57 Å². The standard InChI is InChI=1S/C20H23N.C9H16/c1-21-13-11-17(12-14-21)20-18-7-3-2-5-15(18)9-10-16-6-4-8-19(16)20;1-7(2)6-9(5)8(3)4/h2-5,7-8H,6,9-14H2,1H3;9H,1,3,6H2,2,4-5H3. The minimum absolute atomic E-state index is 0.600. The average Bonchev–Trinajstić information content (AvgIpc) is 3.11. The fourth-order valence-corrected chi connectivity index (χ4v) is 4.67. The van der Waals surface area contributed by atoms with E-state index >= 15 is 0 Å². The van der Waals surface area contributed by atoms with Crippen LogP contribution >= 0.6 is 0 Å². The number of aryl methyl sites for hydroxylation is 1. The molecular formula is C29H39N. The fourth-order valence-electron chi connectivity index (χ4n) is 4.67. The molecule has 1 heteroatoms. The SMILES string of the molecule is C=C(C)CC(C)C(=C)C.CN1CCC(=C2C3=C(CC=C3)CCc3ccccc32)CC1. The van der Waals surface area contributed by atoms with E-state index in [1.54, 1.807) is 27.9 Å². The van der Waals surface area contributed by atoms with Crippen molar-refractivity contribution in [1.29, 1.82) is 0 Å². The molecule has 1 saturated heterocycles. The van der Waals surface area contributed by atoms with Gasteiger partial charge in [-0.1, -0.05) is 72.2 Å². The van der Waals surface area contributed by atoms with Crippen molar-refractivity contribution in [2.75, 3.05) is 20.1 Å². The second-order valence-electron chi connectivity index (χ2n) is 9.47. The smallest absolute Gasteiger partial charge is 0.00160 e. The van der Waals surface area contributed by atoms with Crippen molar-refractivity contribution in [3.63, 3.8) is 0 Å². The highest BCUT2D eigenvalue weighted by Crippen LogP contribution is 2.42. The molecule has 0 saturated carbocycles. The number of fused-ring (bicyclic) bond motifs is 1. The van der Waals surface area contributed by atoms with E-state index in [0.29, 0.717) is 5.92 Å². The molecule has 0 aromatic heterocycles. The van der Waals surface area contributed by atoms with Crippen LogP contribution in [-0.2, 0) is 6.42 Å². The number of likely N-dealkylation sites (tertiary alicyclic amines) is 1. The largest absolute Gasteiger partial charge is 0.306 e. The summed E-state index contributed by atoms with van der Waals surface area (Å²) in [6.07, 6.45) is 11.9. The first-order valence-electron chi connectivity index (χ1n) is 11.5. The van der Waals surface area contributed by atoms with E-state index in [0.717, 1.165) is 6.42 Å². The molecule has 1 nitrogen and oxygen atoms in total. The summed E-state index contributed by atoms with van der Waals surface area (Å²) < 4.78 is 0. The van der Waals surface area contributed by atoms with Gasteiger partial charge in [-0.25, -0.2) is 0 Å². The van der Waals surface area contributed by atoms with Crippen LogP contribution in [0.25, 0.3) is 5.57 Å². The van der Waals surface area contributed by atoms with Crippen LogP contribution in [0.15, 0.2) is 77.4 Å². The van der Waals surface area contributed by atoms with Gasteiger partial charge in [0.1, 0.15) is 0 Å². The summed E-state index contributed by atoms with van der Waals surface area (Å²) in [6.45, 7) is 16.4. The lowest BCUT2D eigenvalue weighted by Gasteiger charge is -2.27. The summed E-state index contributed by atoms with van der Waals surface area (Å²) in [5.74, 6) is 0.600. The third-order valence-electron chi connectivity index (χ3n) is 6.72. The van der Waals surface area contributed by atoms with Crippen LogP contribution in [0.3, 0.4) is 0 Å². The molecule has 4 rings (SSSR count). The van der Waals surface area contributed by atoms with Gasteiger partial charge in [0, 0.05) is 13.1 Å². The second kappa shape index (κ2) is 10.3. The molecule has 2 aliphatic carbocycles. The van der Waals surface area contributed by atoms with Gasteiger partial charge in [0.15, 0.2) is 0 Å². The molecule has 1 atom stereocenters. The molecular weight excluding hydrogens is 362 g/mol. The first kappa shape index (κ1) is 22.6. The zero-order valence-corrected chi connectivity index (χ0v) is 19.6. The molecule has 0 radical (unpaired) electrons. The molecule has 0 bridgehead atoms. The maximum Gasteiger partial charge on any atom is 0.00160 e. The Morgan fingerprint density at radius 3 is 2.33 bits per heavy atom. The predicted molar refractivity (Wildman–Crippen MR) is 133 cm³/mol. The molecule has 1 fully saturated rings. The summed E-state index contributed by atoms with van der Waals surface area (Å²) in [6, 6.07) is 9.08. The molecule has 1 heterocycles. The Morgan fingerprint density at radius 1 is 1.00 bits per heavy atom. The minimum atomic E-state index is 0.600. The summed E-state index contributed by atoms with van der Waals surface area (Å²) >= 11 is 0. The van der Waals surface area contributed by atoms with Gasteiger partial charge in [-0.3, -0.25) is 0 Å². The average molecular weight is 402 g/mol. The van der Waals surface area contributed by atoms with E-state index in [-0.39, 0.29) is 0 Å². The van der Waals surface area contributed by atoms with Gasteiger partial charge in [0.2, 0.25) is 0 Å². The van der Waals surface area contributed by atoms with Crippen LogP contribution < -0.4 is 0 Å². The Bertz CT molecular complexity index is 883.